The highest BCUT2D eigenvalue weighted by Gasteiger charge is 2.17. The molecule has 0 saturated heterocycles. The van der Waals surface area contributed by atoms with E-state index >= 15 is 0 Å². The van der Waals surface area contributed by atoms with Gasteiger partial charge in [0.2, 0.25) is 5.89 Å². The van der Waals surface area contributed by atoms with Crippen LogP contribution in [0.4, 0.5) is 0 Å². The molecule has 0 unspecified atom stereocenters. The third kappa shape index (κ3) is 3.92. The maximum Gasteiger partial charge on any atom is 0.225 e. The van der Waals surface area contributed by atoms with Gasteiger partial charge < -0.3 is 10.2 Å². The molecule has 134 valence electrons. The molecule has 2 aromatic carbocycles. The molecular formula is C22H24N2O2. The summed E-state index contributed by atoms with van der Waals surface area (Å²) in [5.74, 6) is 0.841. The van der Waals surface area contributed by atoms with Crippen molar-refractivity contribution in [3.05, 3.63) is 66.1 Å². The molecule has 0 aliphatic rings. The third-order valence-electron chi connectivity index (χ3n) is 4.65. The van der Waals surface area contributed by atoms with E-state index in [1.54, 1.807) is 12.5 Å². The molecule has 2 N–H and O–H groups in total. The lowest BCUT2D eigenvalue weighted by atomic mass is 9.94. The molecule has 0 bridgehead atoms. The summed E-state index contributed by atoms with van der Waals surface area (Å²) in [6.45, 7) is 6.01. The zero-order valence-electron chi connectivity index (χ0n) is 15.4. The van der Waals surface area contributed by atoms with Crippen molar-refractivity contribution < 1.29 is 9.21 Å². The van der Waals surface area contributed by atoms with Crippen LogP contribution in [0.1, 0.15) is 25.0 Å². The number of hydrogen-bond donors (Lipinski definition) is 1. The molecule has 1 atom stereocenters. The number of aryl methyl sites for hydroxylation is 1. The minimum atomic E-state index is -0.408. The summed E-state index contributed by atoms with van der Waals surface area (Å²) in [6, 6.07) is 13.8. The van der Waals surface area contributed by atoms with Gasteiger partial charge in [-0.2, -0.15) is 0 Å². The number of Topliss-reactive ketones (excluding diaryl/α,β-unsaturated/α-hetero) is 1. The van der Waals surface area contributed by atoms with Crippen LogP contribution in [0.15, 0.2) is 59.3 Å². The first kappa shape index (κ1) is 18.1. The second kappa shape index (κ2) is 7.67. The molecule has 0 radical (unpaired) electrons. The van der Waals surface area contributed by atoms with Gasteiger partial charge >= 0.3 is 0 Å². The van der Waals surface area contributed by atoms with Gasteiger partial charge in [-0.15, -0.1) is 0 Å². The van der Waals surface area contributed by atoms with Crippen molar-refractivity contribution in [1.82, 2.24) is 4.98 Å². The van der Waals surface area contributed by atoms with Crippen LogP contribution in [0.2, 0.25) is 0 Å². The molecule has 3 aromatic rings. The Hall–Kier alpha value is -2.72. The van der Waals surface area contributed by atoms with E-state index in [1.807, 2.05) is 44.2 Å². The zero-order valence-corrected chi connectivity index (χ0v) is 15.4. The van der Waals surface area contributed by atoms with E-state index in [9.17, 15) is 4.79 Å². The molecule has 26 heavy (non-hydrogen) atoms. The van der Waals surface area contributed by atoms with Crippen LogP contribution in [0.3, 0.4) is 0 Å². The Bertz CT molecular complexity index is 881. The maximum atomic E-state index is 12.2. The minimum absolute atomic E-state index is 0.0785. The van der Waals surface area contributed by atoms with Gasteiger partial charge in [0.15, 0.2) is 5.78 Å². The highest BCUT2D eigenvalue weighted by Crippen LogP contribution is 2.29. The fourth-order valence-electron chi connectivity index (χ4n) is 2.93. The Morgan fingerprint density at radius 1 is 1.12 bits per heavy atom. The van der Waals surface area contributed by atoms with Crippen molar-refractivity contribution in [3.8, 4) is 22.6 Å². The smallest absolute Gasteiger partial charge is 0.225 e. The highest BCUT2D eigenvalue weighted by atomic mass is 16.3. The van der Waals surface area contributed by atoms with Gasteiger partial charge in [-0.05, 0) is 47.2 Å². The van der Waals surface area contributed by atoms with Gasteiger partial charge in [-0.25, -0.2) is 4.98 Å². The van der Waals surface area contributed by atoms with Crippen LogP contribution in [-0.2, 0) is 11.2 Å². The van der Waals surface area contributed by atoms with E-state index in [1.165, 1.54) is 5.56 Å². The number of ketones is 1. The SMILES string of the molecule is Cc1ccc(-c2ncco2)cc1-c1ccc(CC(=O)[C@@H](N)C(C)C)cc1. The Kier molecular flexibility index (Phi) is 5.33. The predicted octanol–water partition coefficient (Wildman–Crippen LogP) is 4.41. The lowest BCUT2D eigenvalue weighted by Crippen LogP contribution is -2.36. The quantitative estimate of drug-likeness (QED) is 0.716. The third-order valence-corrected chi connectivity index (χ3v) is 4.65. The molecule has 0 spiro atoms. The molecule has 0 saturated carbocycles. The minimum Gasteiger partial charge on any atom is -0.445 e. The predicted molar refractivity (Wildman–Crippen MR) is 104 cm³/mol. The number of nitrogens with two attached hydrogens (primary N) is 1. The van der Waals surface area contributed by atoms with Gasteiger partial charge in [-0.3, -0.25) is 4.79 Å². The second-order valence-electron chi connectivity index (χ2n) is 6.98. The van der Waals surface area contributed by atoms with Gasteiger partial charge in [0, 0.05) is 12.0 Å². The molecule has 1 aromatic heterocycles. The normalized spacial score (nSPS) is 12.3. The summed E-state index contributed by atoms with van der Waals surface area (Å²) in [5.41, 5.74) is 11.3. The fourth-order valence-corrected chi connectivity index (χ4v) is 2.93. The number of benzene rings is 2. The molecular weight excluding hydrogens is 324 g/mol. The summed E-state index contributed by atoms with van der Waals surface area (Å²) in [6.07, 6.45) is 3.58. The van der Waals surface area contributed by atoms with Crippen LogP contribution >= 0.6 is 0 Å². The van der Waals surface area contributed by atoms with E-state index in [0.29, 0.717) is 12.3 Å². The van der Waals surface area contributed by atoms with E-state index in [-0.39, 0.29) is 11.7 Å². The van der Waals surface area contributed by atoms with Gasteiger partial charge in [0.1, 0.15) is 6.26 Å². The van der Waals surface area contributed by atoms with Crippen molar-refractivity contribution in [1.29, 1.82) is 0 Å². The zero-order chi connectivity index (χ0) is 18.7. The van der Waals surface area contributed by atoms with Crippen molar-refractivity contribution in [3.63, 3.8) is 0 Å². The van der Waals surface area contributed by atoms with Crippen molar-refractivity contribution in [2.75, 3.05) is 0 Å². The van der Waals surface area contributed by atoms with Crippen LogP contribution in [0.25, 0.3) is 22.6 Å². The van der Waals surface area contributed by atoms with E-state index in [4.69, 9.17) is 10.2 Å². The van der Waals surface area contributed by atoms with E-state index in [0.717, 1.165) is 22.3 Å². The molecule has 3 rings (SSSR count). The average Bonchev–Trinajstić information content (AvgIpc) is 3.17. The maximum absolute atomic E-state index is 12.2. The summed E-state index contributed by atoms with van der Waals surface area (Å²) in [4.78, 5) is 16.4. The van der Waals surface area contributed by atoms with Crippen molar-refractivity contribution in [2.24, 2.45) is 11.7 Å². The first-order chi connectivity index (χ1) is 12.5. The first-order valence-corrected chi connectivity index (χ1v) is 8.84. The number of nitrogens with zero attached hydrogens (tertiary/aromatic N) is 1. The number of oxazole rings is 1. The van der Waals surface area contributed by atoms with Gasteiger partial charge in [0.05, 0.1) is 12.2 Å². The molecule has 1 heterocycles. The van der Waals surface area contributed by atoms with Gasteiger partial charge in [-0.1, -0.05) is 44.2 Å². The molecule has 0 fully saturated rings. The van der Waals surface area contributed by atoms with Crippen LogP contribution in [0.5, 0.6) is 0 Å². The molecule has 0 aliphatic heterocycles. The van der Waals surface area contributed by atoms with Crippen LogP contribution in [0, 0.1) is 12.8 Å². The number of carbonyl (C=O) groups is 1. The number of hydrogen-bond acceptors (Lipinski definition) is 4. The van der Waals surface area contributed by atoms with E-state index < -0.39 is 6.04 Å². The van der Waals surface area contributed by atoms with Crippen molar-refractivity contribution in [2.45, 2.75) is 33.2 Å². The largest absolute Gasteiger partial charge is 0.445 e. The van der Waals surface area contributed by atoms with Gasteiger partial charge in [0.25, 0.3) is 0 Å². The standard InChI is InChI=1S/C22H24N2O2/c1-14(2)21(23)20(25)12-16-5-8-17(9-6-16)19-13-18(7-4-15(19)3)22-24-10-11-26-22/h4-11,13-14,21H,12,23H2,1-3H3/t21-/m0/s1. The number of rotatable bonds is 6. The summed E-state index contributed by atoms with van der Waals surface area (Å²) < 4.78 is 5.39. The lowest BCUT2D eigenvalue weighted by molar-refractivity contribution is -0.120. The Labute approximate surface area is 154 Å². The molecule has 0 aliphatic carbocycles. The topological polar surface area (TPSA) is 69.1 Å². The average molecular weight is 348 g/mol. The second-order valence-corrected chi connectivity index (χ2v) is 6.98. The van der Waals surface area contributed by atoms with Crippen LogP contribution in [-0.4, -0.2) is 16.8 Å². The molecule has 0 amide bonds. The molecule has 4 nitrogen and oxygen atoms in total. The highest BCUT2D eigenvalue weighted by molar-refractivity contribution is 5.86. The Morgan fingerprint density at radius 3 is 2.42 bits per heavy atom. The summed E-state index contributed by atoms with van der Waals surface area (Å²) in [5, 5.41) is 0. The Balaban J connectivity index is 1.83. The fraction of sp³-hybridized carbons (Fsp3) is 0.273. The monoisotopic (exact) mass is 348 g/mol. The summed E-state index contributed by atoms with van der Waals surface area (Å²) in [7, 11) is 0. The van der Waals surface area contributed by atoms with Crippen molar-refractivity contribution >= 4 is 5.78 Å². The lowest BCUT2D eigenvalue weighted by Gasteiger charge is -2.14. The number of carbonyl (C=O) groups excluding carboxylic acids is 1. The van der Waals surface area contributed by atoms with Crippen LogP contribution < -0.4 is 5.73 Å². The Morgan fingerprint density at radius 2 is 1.81 bits per heavy atom. The summed E-state index contributed by atoms with van der Waals surface area (Å²) >= 11 is 0. The first-order valence-electron chi connectivity index (χ1n) is 8.84. The molecule has 4 heteroatoms. The number of aromatic nitrogens is 1. The van der Waals surface area contributed by atoms with E-state index in [2.05, 4.69) is 24.0 Å².